The van der Waals surface area contributed by atoms with Crippen LogP contribution in [0, 0.1) is 6.92 Å². The predicted molar refractivity (Wildman–Crippen MR) is 99.1 cm³/mol. The van der Waals surface area contributed by atoms with Crippen molar-refractivity contribution < 1.29 is 4.79 Å². The molecular weight excluding hydrogens is 330 g/mol. The van der Waals surface area contributed by atoms with Gasteiger partial charge in [-0.2, -0.15) is 4.98 Å². The van der Waals surface area contributed by atoms with Crippen molar-refractivity contribution in [2.75, 3.05) is 18.1 Å². The van der Waals surface area contributed by atoms with Crippen molar-refractivity contribution in [3.63, 3.8) is 0 Å². The summed E-state index contributed by atoms with van der Waals surface area (Å²) in [6, 6.07) is 7.72. The molecule has 3 aromatic heterocycles. The summed E-state index contributed by atoms with van der Waals surface area (Å²) in [6.07, 6.45) is 3.53. The normalized spacial score (nSPS) is 19.2. The monoisotopic (exact) mass is 351 g/mol. The number of anilines is 2. The number of imidazole rings is 1. The van der Waals surface area contributed by atoms with Crippen LogP contribution in [-0.2, 0) is 0 Å². The standard InChI is InChI=1S/C18H21N7O/c1-10-16(25-6-4-3-5-15(25)21-10)17(26)22-12-7-11(8-12)13-9-14(20-2)24-18(19)23-13/h3-6,9,11-12H,7-8H2,1-2H3,(H,22,26)(H3,19,20,23,24). The number of nitrogen functional groups attached to an aromatic ring is 1. The third-order valence-electron chi connectivity index (χ3n) is 4.83. The molecule has 1 saturated carbocycles. The quantitative estimate of drug-likeness (QED) is 0.660. The number of hydrogen-bond donors (Lipinski definition) is 3. The fourth-order valence-corrected chi connectivity index (χ4v) is 3.44. The number of carbonyl (C=O) groups excluding carboxylic acids is 1. The molecular formula is C18H21N7O. The van der Waals surface area contributed by atoms with Crippen LogP contribution < -0.4 is 16.4 Å². The lowest BCUT2D eigenvalue weighted by Crippen LogP contribution is -2.44. The number of carbonyl (C=O) groups is 1. The molecule has 8 nitrogen and oxygen atoms in total. The molecule has 1 aliphatic carbocycles. The first-order chi connectivity index (χ1) is 12.5. The SMILES string of the molecule is CNc1cc(C2CC(NC(=O)c3c(C)nc4ccccn34)C2)nc(N)n1. The third kappa shape index (κ3) is 2.83. The Morgan fingerprint density at radius 2 is 2.08 bits per heavy atom. The summed E-state index contributed by atoms with van der Waals surface area (Å²) in [5, 5.41) is 6.09. The van der Waals surface area contributed by atoms with Gasteiger partial charge in [0.25, 0.3) is 5.91 Å². The van der Waals surface area contributed by atoms with Gasteiger partial charge >= 0.3 is 0 Å². The molecule has 1 fully saturated rings. The third-order valence-corrected chi connectivity index (χ3v) is 4.83. The van der Waals surface area contributed by atoms with Crippen LogP contribution in [0.3, 0.4) is 0 Å². The van der Waals surface area contributed by atoms with Crippen LogP contribution in [0.5, 0.6) is 0 Å². The van der Waals surface area contributed by atoms with Crippen molar-refractivity contribution in [2.45, 2.75) is 31.7 Å². The highest BCUT2D eigenvalue weighted by molar-refractivity contribution is 5.94. The van der Waals surface area contributed by atoms with Crippen molar-refractivity contribution in [3.8, 4) is 0 Å². The second-order valence-electron chi connectivity index (χ2n) is 6.60. The molecule has 4 rings (SSSR count). The predicted octanol–water partition coefficient (Wildman–Crippen LogP) is 1.73. The number of rotatable bonds is 4. The average molecular weight is 351 g/mol. The van der Waals surface area contributed by atoms with Crippen LogP contribution in [0.15, 0.2) is 30.5 Å². The lowest BCUT2D eigenvalue weighted by Gasteiger charge is -2.35. The zero-order valence-corrected chi connectivity index (χ0v) is 14.7. The number of nitrogens with zero attached hydrogens (tertiary/aromatic N) is 4. The smallest absolute Gasteiger partial charge is 0.270 e. The molecule has 0 unspecified atom stereocenters. The Bertz CT molecular complexity index is 975. The molecule has 0 saturated heterocycles. The van der Waals surface area contributed by atoms with Crippen LogP contribution in [-0.4, -0.2) is 38.3 Å². The van der Waals surface area contributed by atoms with E-state index >= 15 is 0 Å². The van der Waals surface area contributed by atoms with E-state index in [9.17, 15) is 4.79 Å². The number of nitrogens with one attached hydrogen (secondary N) is 2. The zero-order valence-electron chi connectivity index (χ0n) is 14.7. The van der Waals surface area contributed by atoms with E-state index in [1.165, 1.54) is 0 Å². The van der Waals surface area contributed by atoms with Gasteiger partial charge in [0, 0.05) is 31.3 Å². The molecule has 3 heterocycles. The van der Waals surface area contributed by atoms with Gasteiger partial charge in [0.2, 0.25) is 5.95 Å². The summed E-state index contributed by atoms with van der Waals surface area (Å²) in [4.78, 5) is 25.6. The minimum absolute atomic E-state index is 0.0947. The van der Waals surface area contributed by atoms with Crippen LogP contribution in [0.4, 0.5) is 11.8 Å². The second-order valence-corrected chi connectivity index (χ2v) is 6.60. The zero-order chi connectivity index (χ0) is 18.3. The molecule has 1 aliphatic rings. The number of nitrogens with two attached hydrogens (primary N) is 1. The number of amides is 1. The van der Waals surface area contributed by atoms with Crippen LogP contribution >= 0.6 is 0 Å². The fraction of sp³-hybridized carbons (Fsp3) is 0.333. The number of aromatic nitrogens is 4. The summed E-state index contributed by atoms with van der Waals surface area (Å²) in [7, 11) is 1.80. The molecule has 4 N–H and O–H groups in total. The Kier molecular flexibility index (Phi) is 3.95. The van der Waals surface area contributed by atoms with Gasteiger partial charge in [0.05, 0.1) is 11.4 Å². The minimum Gasteiger partial charge on any atom is -0.373 e. The highest BCUT2D eigenvalue weighted by Crippen LogP contribution is 2.37. The molecule has 0 bridgehead atoms. The Labute approximate surface area is 150 Å². The van der Waals surface area contributed by atoms with Crippen molar-refractivity contribution in [3.05, 3.63) is 47.5 Å². The van der Waals surface area contributed by atoms with Gasteiger partial charge in [-0.1, -0.05) is 6.07 Å². The molecule has 0 radical (unpaired) electrons. The Hall–Kier alpha value is -3.16. The summed E-state index contributed by atoms with van der Waals surface area (Å²) in [6.45, 7) is 1.86. The van der Waals surface area contributed by atoms with E-state index in [-0.39, 0.29) is 23.8 Å². The molecule has 0 spiro atoms. The van der Waals surface area contributed by atoms with Crippen LogP contribution in [0.1, 0.15) is 40.6 Å². The lowest BCUT2D eigenvalue weighted by atomic mass is 9.78. The summed E-state index contributed by atoms with van der Waals surface area (Å²) >= 11 is 0. The van der Waals surface area contributed by atoms with Crippen molar-refractivity contribution in [1.82, 2.24) is 24.7 Å². The number of aryl methyl sites for hydroxylation is 1. The van der Waals surface area contributed by atoms with Gasteiger partial charge in [-0.15, -0.1) is 0 Å². The molecule has 0 aromatic carbocycles. The van der Waals surface area contributed by atoms with Gasteiger partial charge in [-0.25, -0.2) is 9.97 Å². The number of fused-ring (bicyclic) bond motifs is 1. The highest BCUT2D eigenvalue weighted by atomic mass is 16.2. The summed E-state index contributed by atoms with van der Waals surface area (Å²) in [5.41, 5.74) is 8.77. The molecule has 134 valence electrons. The van der Waals surface area contributed by atoms with E-state index < -0.39 is 0 Å². The maximum atomic E-state index is 12.7. The molecule has 0 aliphatic heterocycles. The van der Waals surface area contributed by atoms with Gasteiger partial charge in [0.15, 0.2) is 0 Å². The topological polar surface area (TPSA) is 110 Å². The molecule has 0 atom stereocenters. The van der Waals surface area contributed by atoms with E-state index in [0.717, 1.165) is 29.9 Å². The molecule has 1 amide bonds. The van der Waals surface area contributed by atoms with E-state index in [0.29, 0.717) is 11.5 Å². The summed E-state index contributed by atoms with van der Waals surface area (Å²) in [5.74, 6) is 1.16. The van der Waals surface area contributed by atoms with Crippen molar-refractivity contribution in [2.24, 2.45) is 0 Å². The van der Waals surface area contributed by atoms with E-state index in [1.807, 2.05) is 41.8 Å². The van der Waals surface area contributed by atoms with Gasteiger partial charge < -0.3 is 16.4 Å². The maximum Gasteiger partial charge on any atom is 0.270 e. The molecule has 3 aromatic rings. The van der Waals surface area contributed by atoms with Gasteiger partial charge in [-0.3, -0.25) is 9.20 Å². The Morgan fingerprint density at radius 3 is 2.85 bits per heavy atom. The second kappa shape index (κ2) is 6.29. The van der Waals surface area contributed by atoms with Gasteiger partial charge in [-0.05, 0) is 31.9 Å². The summed E-state index contributed by atoms with van der Waals surface area (Å²) < 4.78 is 1.82. The minimum atomic E-state index is -0.0947. The fourth-order valence-electron chi connectivity index (χ4n) is 3.44. The van der Waals surface area contributed by atoms with Crippen LogP contribution in [0.25, 0.3) is 5.65 Å². The average Bonchev–Trinajstić information content (AvgIpc) is 2.92. The lowest BCUT2D eigenvalue weighted by molar-refractivity contribution is 0.0901. The molecule has 26 heavy (non-hydrogen) atoms. The van der Waals surface area contributed by atoms with Crippen LogP contribution in [0.2, 0.25) is 0 Å². The number of hydrogen-bond acceptors (Lipinski definition) is 6. The molecule has 8 heteroatoms. The van der Waals surface area contributed by atoms with E-state index in [4.69, 9.17) is 5.73 Å². The maximum absolute atomic E-state index is 12.7. The Balaban J connectivity index is 1.45. The van der Waals surface area contributed by atoms with Crippen molar-refractivity contribution in [1.29, 1.82) is 0 Å². The first-order valence-corrected chi connectivity index (χ1v) is 8.62. The van der Waals surface area contributed by atoms with E-state index in [2.05, 4.69) is 25.6 Å². The Morgan fingerprint density at radius 1 is 1.27 bits per heavy atom. The van der Waals surface area contributed by atoms with E-state index in [1.54, 1.807) is 7.05 Å². The van der Waals surface area contributed by atoms with Gasteiger partial charge in [0.1, 0.15) is 17.2 Å². The first kappa shape index (κ1) is 16.3. The number of pyridine rings is 1. The first-order valence-electron chi connectivity index (χ1n) is 8.62. The highest BCUT2D eigenvalue weighted by Gasteiger charge is 2.33. The van der Waals surface area contributed by atoms with Crippen molar-refractivity contribution >= 4 is 23.3 Å². The largest absolute Gasteiger partial charge is 0.373 e.